The molecule has 3 aromatic heterocycles. The summed E-state index contributed by atoms with van der Waals surface area (Å²) in [6.07, 6.45) is 10.7. The summed E-state index contributed by atoms with van der Waals surface area (Å²) in [7, 11) is -1.19. The molecule has 31 heavy (non-hydrogen) atoms. The van der Waals surface area contributed by atoms with Crippen LogP contribution in [0.25, 0.3) is 0 Å². The fourth-order valence-corrected chi connectivity index (χ4v) is 2.57. The van der Waals surface area contributed by atoms with Gasteiger partial charge in [0.15, 0.2) is 0 Å². The molecule has 0 atom stereocenters. The minimum Gasteiger partial charge on any atom is -0.380 e. The molecule has 0 saturated heterocycles. The molecule has 0 N–H and O–H groups in total. The fraction of sp³-hybridized carbons (Fsp3) is 0.571. The summed E-state index contributed by atoms with van der Waals surface area (Å²) in [6.45, 7) is 18.9. The van der Waals surface area contributed by atoms with Crippen molar-refractivity contribution in [2.45, 2.75) is 78.6 Å². The topological polar surface area (TPSA) is 81.1 Å². The molecule has 0 unspecified atom stereocenters. The van der Waals surface area contributed by atoms with E-state index in [0.29, 0.717) is 0 Å². The SMILES string of the molecule is CC(C)(C)c1cnn(OB(On2cc(C(C)(C)C)cn2)On2cc(C(C)(C)C)cn2)c1. The Morgan fingerprint density at radius 1 is 0.548 bits per heavy atom. The van der Waals surface area contributed by atoms with E-state index in [-0.39, 0.29) is 16.2 Å². The van der Waals surface area contributed by atoms with Gasteiger partial charge in [-0.2, -0.15) is 0 Å². The Kier molecular flexibility index (Phi) is 5.86. The summed E-state index contributed by atoms with van der Waals surface area (Å²) < 4.78 is 17.5. The molecule has 3 rings (SSSR count). The maximum atomic E-state index is 5.83. The summed E-state index contributed by atoms with van der Waals surface area (Å²) in [5.41, 5.74) is 2.88. The van der Waals surface area contributed by atoms with Crippen LogP contribution < -0.4 is 14.3 Å². The highest BCUT2D eigenvalue weighted by atomic mass is 16.9. The molecule has 3 heterocycles. The van der Waals surface area contributed by atoms with E-state index in [1.165, 1.54) is 14.5 Å². The van der Waals surface area contributed by atoms with E-state index in [4.69, 9.17) is 14.3 Å². The summed E-state index contributed by atoms with van der Waals surface area (Å²) in [6, 6.07) is 0. The Hall–Kier alpha value is -2.91. The van der Waals surface area contributed by atoms with E-state index in [1.807, 2.05) is 0 Å². The smallest absolute Gasteiger partial charge is 0.380 e. The van der Waals surface area contributed by atoms with Crippen LogP contribution >= 0.6 is 0 Å². The molecule has 0 amide bonds. The maximum absolute atomic E-state index is 5.83. The van der Waals surface area contributed by atoms with Crippen molar-refractivity contribution in [1.82, 2.24) is 29.8 Å². The summed E-state index contributed by atoms with van der Waals surface area (Å²) in [5.74, 6) is 0. The van der Waals surface area contributed by atoms with Crippen LogP contribution in [0, 0.1) is 0 Å². The molecule has 10 heteroatoms. The standard InChI is InChI=1S/C21H33BN6O3/c1-19(2,3)16-10-23-26(13-16)29-22(30-27-14-17(11-24-27)20(4,5)6)31-28-15-18(12-25-28)21(7,8)9/h10-15H,1-9H3. The van der Waals surface area contributed by atoms with Gasteiger partial charge in [-0.05, 0) is 32.9 Å². The van der Waals surface area contributed by atoms with Crippen molar-refractivity contribution in [3.05, 3.63) is 53.9 Å². The first-order valence-electron chi connectivity index (χ1n) is 10.4. The van der Waals surface area contributed by atoms with Crippen molar-refractivity contribution in [2.24, 2.45) is 0 Å². The van der Waals surface area contributed by atoms with Gasteiger partial charge < -0.3 is 14.3 Å². The van der Waals surface area contributed by atoms with Crippen LogP contribution in [0.2, 0.25) is 0 Å². The first-order chi connectivity index (χ1) is 14.2. The highest BCUT2D eigenvalue weighted by Crippen LogP contribution is 2.22. The highest BCUT2D eigenvalue weighted by Gasteiger charge is 2.35. The van der Waals surface area contributed by atoms with Gasteiger partial charge in [-0.15, -0.1) is 29.8 Å². The number of hydrogen-bond acceptors (Lipinski definition) is 6. The van der Waals surface area contributed by atoms with Crippen molar-refractivity contribution in [1.29, 1.82) is 0 Å². The molecule has 9 nitrogen and oxygen atoms in total. The normalized spacial score (nSPS) is 12.7. The molecule has 0 bridgehead atoms. The average Bonchev–Trinajstić information content (AvgIpc) is 3.32. The Morgan fingerprint density at radius 2 is 0.806 bits per heavy atom. The van der Waals surface area contributed by atoms with Crippen molar-refractivity contribution in [3.8, 4) is 0 Å². The quantitative estimate of drug-likeness (QED) is 0.562. The molecule has 0 aliphatic rings. The minimum absolute atomic E-state index is 0.0635. The molecule has 0 radical (unpaired) electrons. The first kappa shape index (κ1) is 22.8. The lowest BCUT2D eigenvalue weighted by Gasteiger charge is -2.17. The predicted molar refractivity (Wildman–Crippen MR) is 118 cm³/mol. The molecule has 0 spiro atoms. The van der Waals surface area contributed by atoms with Crippen LogP contribution in [0.15, 0.2) is 37.2 Å². The van der Waals surface area contributed by atoms with Gasteiger partial charge in [-0.1, -0.05) is 62.3 Å². The second-order valence-electron chi connectivity index (χ2n) is 10.7. The summed E-state index contributed by atoms with van der Waals surface area (Å²) >= 11 is 0. The van der Waals surface area contributed by atoms with Gasteiger partial charge in [0.1, 0.15) is 0 Å². The summed E-state index contributed by atoms with van der Waals surface area (Å²) in [4.78, 5) is 3.98. The fourth-order valence-electron chi connectivity index (χ4n) is 2.57. The van der Waals surface area contributed by atoms with Gasteiger partial charge in [0.25, 0.3) is 0 Å². The van der Waals surface area contributed by atoms with E-state index >= 15 is 0 Å². The largest absolute Gasteiger partial charge is 0.929 e. The lowest BCUT2D eigenvalue weighted by molar-refractivity contribution is 0.0398. The second-order valence-corrected chi connectivity index (χ2v) is 10.7. The molecule has 0 saturated carbocycles. The first-order valence-corrected chi connectivity index (χ1v) is 10.4. The average molecular weight is 428 g/mol. The zero-order valence-corrected chi connectivity index (χ0v) is 19.9. The monoisotopic (exact) mass is 428 g/mol. The van der Waals surface area contributed by atoms with Crippen LogP contribution in [0.4, 0.5) is 0 Å². The third-order valence-corrected chi connectivity index (χ3v) is 4.86. The highest BCUT2D eigenvalue weighted by molar-refractivity contribution is 6.37. The van der Waals surface area contributed by atoms with E-state index in [0.717, 1.165) is 16.7 Å². The number of rotatable bonds is 6. The molecule has 0 aromatic carbocycles. The molecular formula is C21H33BN6O3. The minimum atomic E-state index is -1.19. The molecule has 0 aliphatic heterocycles. The van der Waals surface area contributed by atoms with Crippen molar-refractivity contribution in [2.75, 3.05) is 0 Å². The van der Waals surface area contributed by atoms with Crippen LogP contribution in [0.3, 0.4) is 0 Å². The Labute approximate surface area is 184 Å². The van der Waals surface area contributed by atoms with Gasteiger partial charge >= 0.3 is 7.32 Å². The van der Waals surface area contributed by atoms with Gasteiger partial charge in [0.05, 0.1) is 37.2 Å². The third kappa shape index (κ3) is 5.83. The van der Waals surface area contributed by atoms with Crippen LogP contribution in [-0.4, -0.2) is 37.2 Å². The zero-order valence-electron chi connectivity index (χ0n) is 19.9. The van der Waals surface area contributed by atoms with E-state index < -0.39 is 7.32 Å². The Balaban J connectivity index is 1.82. The van der Waals surface area contributed by atoms with Crippen molar-refractivity contribution >= 4 is 7.32 Å². The maximum Gasteiger partial charge on any atom is 0.929 e. The molecule has 0 aliphatic carbocycles. The lowest BCUT2D eigenvalue weighted by atomic mass is 9.90. The predicted octanol–water partition coefficient (Wildman–Crippen LogP) is 2.84. The Morgan fingerprint density at radius 3 is 1.00 bits per heavy atom. The van der Waals surface area contributed by atoms with Crippen molar-refractivity contribution < 1.29 is 14.3 Å². The van der Waals surface area contributed by atoms with Gasteiger partial charge in [0, 0.05) is 0 Å². The Bertz CT molecular complexity index is 874. The number of nitrogens with zero attached hydrogens (tertiary/aromatic N) is 6. The molecule has 3 aromatic rings. The van der Waals surface area contributed by atoms with Gasteiger partial charge in [-0.3, -0.25) is 0 Å². The zero-order chi connectivity index (χ0) is 23.0. The van der Waals surface area contributed by atoms with Crippen LogP contribution in [0.5, 0.6) is 0 Å². The molecule has 0 fully saturated rings. The number of hydrogen-bond donors (Lipinski definition) is 0. The van der Waals surface area contributed by atoms with E-state index in [9.17, 15) is 0 Å². The van der Waals surface area contributed by atoms with E-state index in [2.05, 4.69) is 77.6 Å². The van der Waals surface area contributed by atoms with Crippen LogP contribution in [0.1, 0.15) is 79.0 Å². The third-order valence-electron chi connectivity index (χ3n) is 4.86. The number of aromatic nitrogens is 6. The van der Waals surface area contributed by atoms with Gasteiger partial charge in [-0.25, -0.2) is 0 Å². The van der Waals surface area contributed by atoms with Gasteiger partial charge in [0.2, 0.25) is 0 Å². The van der Waals surface area contributed by atoms with E-state index in [1.54, 1.807) is 37.2 Å². The van der Waals surface area contributed by atoms with Crippen LogP contribution in [-0.2, 0) is 16.2 Å². The molecular weight excluding hydrogens is 395 g/mol. The van der Waals surface area contributed by atoms with Crippen molar-refractivity contribution in [3.63, 3.8) is 0 Å². The lowest BCUT2D eigenvalue weighted by Crippen LogP contribution is -2.49. The summed E-state index contributed by atoms with van der Waals surface area (Å²) in [5, 5.41) is 12.8. The second kappa shape index (κ2) is 7.98. The molecule has 168 valence electrons.